The number of aromatic nitrogens is 2. The topological polar surface area (TPSA) is 109 Å². The Kier molecular flexibility index (Phi) is 5.37. The molecule has 2 aromatic heterocycles. The van der Waals surface area contributed by atoms with Gasteiger partial charge >= 0.3 is 0 Å². The normalized spacial score (nSPS) is 25.4. The van der Waals surface area contributed by atoms with Gasteiger partial charge in [0.05, 0.1) is 16.9 Å². The molecule has 1 saturated carbocycles. The van der Waals surface area contributed by atoms with Gasteiger partial charge in [-0.2, -0.15) is 5.26 Å². The minimum atomic E-state index is -1.66. The van der Waals surface area contributed by atoms with E-state index in [0.29, 0.717) is 29.5 Å². The summed E-state index contributed by atoms with van der Waals surface area (Å²) >= 11 is 1.28. The highest BCUT2D eigenvalue weighted by molar-refractivity contribution is 8.15. The Bertz CT molecular complexity index is 1380. The number of hydrogen-bond donors (Lipinski definition) is 2. The van der Waals surface area contributed by atoms with Gasteiger partial charge in [-0.1, -0.05) is 11.8 Å². The fourth-order valence-corrected chi connectivity index (χ4v) is 6.10. The van der Waals surface area contributed by atoms with E-state index in [1.54, 1.807) is 12.1 Å². The van der Waals surface area contributed by atoms with Crippen LogP contribution in [0.1, 0.15) is 17.5 Å². The third-order valence-electron chi connectivity index (χ3n) is 6.30. The van der Waals surface area contributed by atoms with Crippen molar-refractivity contribution in [2.75, 3.05) is 25.7 Å². The molecule has 3 heterocycles. The number of nitrogens with zero attached hydrogens (tertiary/aromatic N) is 4. The van der Waals surface area contributed by atoms with Crippen LogP contribution >= 0.6 is 11.8 Å². The third kappa shape index (κ3) is 3.45. The molecule has 7 nitrogen and oxygen atoms in total. The van der Waals surface area contributed by atoms with E-state index in [-0.39, 0.29) is 22.2 Å². The minimum Gasteiger partial charge on any atom is -0.383 e. The minimum absolute atomic E-state index is 0.106. The number of anilines is 2. The van der Waals surface area contributed by atoms with E-state index in [1.165, 1.54) is 37.3 Å². The zero-order valence-corrected chi connectivity index (χ0v) is 18.8. The molecule has 3 aromatic rings. The van der Waals surface area contributed by atoms with Gasteiger partial charge in [0, 0.05) is 48.1 Å². The molecule has 1 aromatic carbocycles. The Hall–Kier alpha value is -3.36. The molecule has 34 heavy (non-hydrogen) atoms. The van der Waals surface area contributed by atoms with Gasteiger partial charge in [-0.25, -0.2) is 23.1 Å². The van der Waals surface area contributed by atoms with E-state index in [4.69, 9.17) is 15.7 Å². The number of methoxy groups -OCH3 is 1. The number of nitrogens with one attached hydrogen (secondary N) is 1. The summed E-state index contributed by atoms with van der Waals surface area (Å²) in [6.07, 6.45) is 3.40. The van der Waals surface area contributed by atoms with Crippen molar-refractivity contribution in [2.45, 2.75) is 16.7 Å². The molecule has 1 aliphatic heterocycles. The van der Waals surface area contributed by atoms with Crippen molar-refractivity contribution in [3.8, 4) is 6.07 Å². The van der Waals surface area contributed by atoms with Crippen LogP contribution in [-0.4, -0.2) is 40.3 Å². The molecule has 0 unspecified atom stereocenters. The maximum atomic E-state index is 15.1. The lowest BCUT2D eigenvalue weighted by Gasteiger charge is -2.35. The summed E-state index contributed by atoms with van der Waals surface area (Å²) in [6, 6.07) is 7.65. The van der Waals surface area contributed by atoms with Crippen LogP contribution in [0.5, 0.6) is 0 Å². The number of aliphatic imine (C=N–C) groups is 1. The monoisotopic (exact) mass is 484 g/mol. The lowest BCUT2D eigenvalue weighted by molar-refractivity contribution is 0.176. The summed E-state index contributed by atoms with van der Waals surface area (Å²) in [4.78, 5) is 12.8. The van der Waals surface area contributed by atoms with Gasteiger partial charge in [-0.15, -0.1) is 0 Å². The number of thioether (sulfide) groups is 1. The van der Waals surface area contributed by atoms with E-state index in [2.05, 4.69) is 20.3 Å². The largest absolute Gasteiger partial charge is 0.383 e. The number of halogens is 3. The van der Waals surface area contributed by atoms with Gasteiger partial charge in [-0.3, -0.25) is 4.98 Å². The van der Waals surface area contributed by atoms with Crippen molar-refractivity contribution in [2.24, 2.45) is 16.6 Å². The van der Waals surface area contributed by atoms with Crippen molar-refractivity contribution in [1.29, 1.82) is 5.26 Å². The first-order valence-corrected chi connectivity index (χ1v) is 11.2. The van der Waals surface area contributed by atoms with E-state index in [1.807, 2.05) is 6.07 Å². The van der Waals surface area contributed by atoms with Crippen LogP contribution in [0.25, 0.3) is 10.9 Å². The number of ether oxygens (including phenoxy) is 1. The predicted octanol–water partition coefficient (Wildman–Crippen LogP) is 4.15. The fourth-order valence-electron chi connectivity index (χ4n) is 4.71. The van der Waals surface area contributed by atoms with Gasteiger partial charge in [0.25, 0.3) is 0 Å². The first-order chi connectivity index (χ1) is 16.4. The molecule has 0 amide bonds. The summed E-state index contributed by atoms with van der Waals surface area (Å²) < 4.78 is 49.3. The molecule has 0 radical (unpaired) electrons. The second-order valence-corrected chi connectivity index (χ2v) is 9.81. The molecule has 1 fully saturated rings. The van der Waals surface area contributed by atoms with Gasteiger partial charge in [0.1, 0.15) is 23.8 Å². The van der Waals surface area contributed by atoms with Crippen molar-refractivity contribution < 1.29 is 17.9 Å². The van der Waals surface area contributed by atoms with E-state index in [0.717, 1.165) is 6.07 Å². The van der Waals surface area contributed by atoms with Crippen LogP contribution < -0.4 is 11.1 Å². The Labute approximate surface area is 197 Å². The van der Waals surface area contributed by atoms with Crippen molar-refractivity contribution in [3.05, 3.63) is 59.4 Å². The molecular formula is C23H19F3N6OS. The van der Waals surface area contributed by atoms with Crippen molar-refractivity contribution in [3.63, 3.8) is 0 Å². The molecule has 174 valence electrons. The smallest absolute Gasteiger partial charge is 0.164 e. The lowest BCUT2D eigenvalue weighted by atomic mass is 9.84. The standard InChI is InChI=1S/C23H19F3N6OS/c1-33-11-22-7-17(22)23(10-24,32-21(28)34-22)15-5-14(6-16(25)18(15)26)31-20-19-13(2-3-29-20)4-12(8-27)9-30-19/h2-6,9,17H,7,10-11H2,1H3,(H2,28,32)(H,29,31)/t17-,22-,23-/m1/s1. The number of rotatable bonds is 6. The Morgan fingerprint density at radius 1 is 1.32 bits per heavy atom. The highest BCUT2D eigenvalue weighted by Gasteiger charge is 2.68. The van der Waals surface area contributed by atoms with Crippen molar-refractivity contribution in [1.82, 2.24) is 9.97 Å². The average Bonchev–Trinajstić information content (AvgIpc) is 3.55. The Balaban J connectivity index is 1.59. The van der Waals surface area contributed by atoms with Crippen molar-refractivity contribution >= 4 is 39.3 Å². The lowest BCUT2D eigenvalue weighted by Crippen LogP contribution is -2.41. The summed E-state index contributed by atoms with van der Waals surface area (Å²) in [6.45, 7) is -0.756. The third-order valence-corrected chi connectivity index (χ3v) is 7.57. The molecule has 0 saturated heterocycles. The number of fused-ring (bicyclic) bond motifs is 2. The number of hydrogen-bond acceptors (Lipinski definition) is 8. The molecule has 0 spiro atoms. The molecule has 1 aliphatic carbocycles. The summed E-state index contributed by atoms with van der Waals surface area (Å²) in [5, 5.41) is 12.8. The molecule has 5 rings (SSSR count). The first kappa shape index (κ1) is 22.4. The summed E-state index contributed by atoms with van der Waals surface area (Å²) in [5.74, 6) is -2.46. The number of alkyl halides is 1. The van der Waals surface area contributed by atoms with E-state index < -0.39 is 34.5 Å². The maximum absolute atomic E-state index is 15.1. The first-order valence-electron chi connectivity index (χ1n) is 10.4. The molecule has 11 heteroatoms. The maximum Gasteiger partial charge on any atom is 0.164 e. The van der Waals surface area contributed by atoms with Crippen LogP contribution in [0.3, 0.4) is 0 Å². The van der Waals surface area contributed by atoms with Crippen LogP contribution in [0.2, 0.25) is 0 Å². The van der Waals surface area contributed by atoms with Crippen LogP contribution in [0.4, 0.5) is 24.7 Å². The molecular weight excluding hydrogens is 465 g/mol. The van der Waals surface area contributed by atoms with Crippen LogP contribution in [-0.2, 0) is 10.3 Å². The van der Waals surface area contributed by atoms with Gasteiger partial charge < -0.3 is 15.8 Å². The highest BCUT2D eigenvalue weighted by atomic mass is 32.2. The molecule has 0 bridgehead atoms. The van der Waals surface area contributed by atoms with Crippen LogP contribution in [0.15, 0.2) is 41.7 Å². The summed E-state index contributed by atoms with van der Waals surface area (Å²) in [7, 11) is 1.53. The fraction of sp³-hybridized carbons (Fsp3) is 0.304. The summed E-state index contributed by atoms with van der Waals surface area (Å²) in [5.41, 5.74) is 5.09. The predicted molar refractivity (Wildman–Crippen MR) is 123 cm³/mol. The number of amidine groups is 1. The number of nitriles is 1. The SMILES string of the molecule is COC[C@]12C[C@H]1[C@@](CF)(c1cc(Nc3nccc4cc(C#N)cnc34)cc(F)c1F)N=C(N)S2. The zero-order valence-electron chi connectivity index (χ0n) is 18.0. The second kappa shape index (κ2) is 8.14. The average molecular weight is 485 g/mol. The molecule has 3 atom stereocenters. The number of pyridine rings is 2. The van der Waals surface area contributed by atoms with Gasteiger partial charge in [0.2, 0.25) is 0 Å². The Morgan fingerprint density at radius 2 is 2.15 bits per heavy atom. The number of nitrogens with two attached hydrogens (primary N) is 1. The Morgan fingerprint density at radius 3 is 2.88 bits per heavy atom. The second-order valence-electron chi connectivity index (χ2n) is 8.38. The number of benzene rings is 1. The van der Waals surface area contributed by atoms with Gasteiger partial charge in [0.15, 0.2) is 22.6 Å². The molecule has 3 N–H and O–H groups in total. The van der Waals surface area contributed by atoms with Gasteiger partial charge in [-0.05, 0) is 24.6 Å². The van der Waals surface area contributed by atoms with Crippen LogP contribution in [0, 0.1) is 28.9 Å². The molecule has 2 aliphatic rings. The van der Waals surface area contributed by atoms with E-state index >= 15 is 4.39 Å². The van der Waals surface area contributed by atoms with E-state index in [9.17, 15) is 8.78 Å². The zero-order chi connectivity index (χ0) is 24.1. The quantitative estimate of drug-likeness (QED) is 0.541. The highest BCUT2D eigenvalue weighted by Crippen LogP contribution is 2.66.